The molecule has 0 spiro atoms. The van der Waals surface area contributed by atoms with Crippen LogP contribution in [0.15, 0.2) is 0 Å². The van der Waals surface area contributed by atoms with Crippen LogP contribution in [0.4, 0.5) is 0 Å². The van der Waals surface area contributed by atoms with Crippen molar-refractivity contribution >= 4 is 0 Å². The highest BCUT2D eigenvalue weighted by molar-refractivity contribution is 4.78. The maximum absolute atomic E-state index is 9.45. The molecule has 0 aromatic heterocycles. The minimum absolute atomic E-state index is 0.194. The lowest BCUT2D eigenvalue weighted by Gasteiger charge is -2.28. The predicted molar refractivity (Wildman–Crippen MR) is 37.0 cm³/mol. The van der Waals surface area contributed by atoms with Gasteiger partial charge in [0, 0.05) is 11.5 Å². The smallest absolute Gasteiger partial charge is 0.0580 e. The van der Waals surface area contributed by atoms with Crippen molar-refractivity contribution in [2.24, 2.45) is 11.6 Å². The molecule has 0 aliphatic heterocycles. The van der Waals surface area contributed by atoms with E-state index >= 15 is 0 Å². The second-order valence-corrected chi connectivity index (χ2v) is 2.45. The molecule has 9 heavy (non-hydrogen) atoms. The molecule has 2 nitrogen and oxygen atoms in total. The number of hydrogen-bond donors (Lipinski definition) is 2. The normalized spacial score (nSPS) is 73.4. The summed E-state index contributed by atoms with van der Waals surface area (Å²) in [6, 6.07) is -1.78. The predicted octanol–water partition coefficient (Wildman–Crippen LogP) is 0.495. The fourth-order valence-electron chi connectivity index (χ4n) is 0.825. The summed E-state index contributed by atoms with van der Waals surface area (Å²) >= 11 is 0. The molecule has 1 aliphatic carbocycles. The highest BCUT2D eigenvalue weighted by atomic mass is 16.3. The lowest BCUT2D eigenvalue weighted by molar-refractivity contribution is 0.0708. The first kappa shape index (κ1) is 3.35. The monoisotopic (exact) mass is 133 g/mol. The van der Waals surface area contributed by atoms with Crippen LogP contribution in [-0.2, 0) is 0 Å². The lowest BCUT2D eigenvalue weighted by Crippen LogP contribution is -2.35. The summed E-state index contributed by atoms with van der Waals surface area (Å²) in [5, 5.41) is 9.45. The van der Waals surface area contributed by atoms with Crippen LogP contribution < -0.4 is 5.73 Å². The molecule has 0 aromatic rings. The minimum atomic E-state index is -1.91. The van der Waals surface area contributed by atoms with E-state index in [9.17, 15) is 5.11 Å². The van der Waals surface area contributed by atoms with Crippen LogP contribution in [-0.4, -0.2) is 17.2 Å². The molecule has 2 heteroatoms. The van der Waals surface area contributed by atoms with Gasteiger partial charge in [0.15, 0.2) is 0 Å². The van der Waals surface area contributed by atoms with E-state index in [2.05, 4.69) is 0 Å². The standard InChI is InChI=1S/C7H15NO/c1-5-2-3-6(8)4-7(5)9/h5-7,9H,2-4,8H2,1H3/t5-,6+,7+/m0/s1/i3D2,5D,6D. The summed E-state index contributed by atoms with van der Waals surface area (Å²) in [6.45, 7) is 1.46. The molecule has 3 atom stereocenters. The first-order valence-corrected chi connectivity index (χ1v) is 3.05. The van der Waals surface area contributed by atoms with Gasteiger partial charge in [0.1, 0.15) is 0 Å². The van der Waals surface area contributed by atoms with Gasteiger partial charge in [0.25, 0.3) is 0 Å². The van der Waals surface area contributed by atoms with E-state index in [1.807, 2.05) is 0 Å². The van der Waals surface area contributed by atoms with Crippen molar-refractivity contribution in [2.75, 3.05) is 0 Å². The third kappa shape index (κ3) is 1.66. The zero-order valence-electron chi connectivity index (χ0n) is 9.52. The van der Waals surface area contributed by atoms with E-state index in [0.29, 0.717) is 0 Å². The highest BCUT2D eigenvalue weighted by Crippen LogP contribution is 2.22. The average molecular weight is 133 g/mol. The molecule has 0 amide bonds. The van der Waals surface area contributed by atoms with Crippen molar-refractivity contribution in [3.8, 4) is 0 Å². The topological polar surface area (TPSA) is 46.2 Å². The molecule has 1 fully saturated rings. The van der Waals surface area contributed by atoms with Crippen LogP contribution in [0.5, 0.6) is 0 Å². The molecule has 1 aliphatic rings. The maximum atomic E-state index is 9.45. The largest absolute Gasteiger partial charge is 0.393 e. The van der Waals surface area contributed by atoms with Crippen LogP contribution in [0, 0.1) is 5.89 Å². The highest BCUT2D eigenvalue weighted by Gasteiger charge is 2.22. The van der Waals surface area contributed by atoms with Gasteiger partial charge in [-0.3, -0.25) is 0 Å². The van der Waals surface area contributed by atoms with Crippen molar-refractivity contribution in [3.63, 3.8) is 0 Å². The van der Waals surface area contributed by atoms with Gasteiger partial charge in [0.05, 0.1) is 6.10 Å². The van der Waals surface area contributed by atoms with E-state index in [4.69, 9.17) is 11.2 Å². The van der Waals surface area contributed by atoms with E-state index in [-0.39, 0.29) is 12.8 Å². The number of hydrogen-bond acceptors (Lipinski definition) is 2. The van der Waals surface area contributed by atoms with Gasteiger partial charge in [-0.05, 0) is 25.1 Å². The molecule has 54 valence electrons. The average Bonchev–Trinajstić information content (AvgIpc) is 1.80. The zero-order chi connectivity index (χ0) is 10.5. The van der Waals surface area contributed by atoms with Crippen LogP contribution in [0.2, 0.25) is 0 Å². The summed E-state index contributed by atoms with van der Waals surface area (Å²) in [5.41, 5.74) is 5.42. The Balaban J connectivity index is 2.93. The Morgan fingerprint density at radius 3 is 3.11 bits per heavy atom. The Morgan fingerprint density at radius 1 is 1.89 bits per heavy atom. The first-order valence-electron chi connectivity index (χ1n) is 5.05. The van der Waals surface area contributed by atoms with E-state index in [1.54, 1.807) is 0 Å². The van der Waals surface area contributed by atoms with Gasteiger partial charge in [-0.25, -0.2) is 0 Å². The SMILES string of the molecule is [2H]C1([2H])C[C@]([2H])(C)[C@H](O)C[C@]1([2H])N. The zero-order valence-corrected chi connectivity index (χ0v) is 5.52. The van der Waals surface area contributed by atoms with Gasteiger partial charge in [-0.2, -0.15) is 0 Å². The number of aliphatic hydroxyl groups excluding tert-OH is 1. The third-order valence-electron chi connectivity index (χ3n) is 1.58. The number of rotatable bonds is 0. The Kier molecular flexibility index (Phi) is 0.994. The fraction of sp³-hybridized carbons (Fsp3) is 1.00. The van der Waals surface area contributed by atoms with E-state index in [0.717, 1.165) is 0 Å². The Labute approximate surface area is 61.7 Å². The van der Waals surface area contributed by atoms with E-state index < -0.39 is 24.4 Å². The summed E-state index contributed by atoms with van der Waals surface area (Å²) in [6.07, 6.45) is -3.34. The van der Waals surface area contributed by atoms with Gasteiger partial charge in [-0.1, -0.05) is 6.92 Å². The van der Waals surface area contributed by atoms with Gasteiger partial charge < -0.3 is 10.8 Å². The Bertz CT molecular complexity index is 217. The quantitative estimate of drug-likeness (QED) is 0.505. The molecule has 3 N–H and O–H groups in total. The van der Waals surface area contributed by atoms with Crippen molar-refractivity contribution < 1.29 is 10.6 Å². The fourth-order valence-corrected chi connectivity index (χ4v) is 0.825. The molecule has 0 radical (unpaired) electrons. The van der Waals surface area contributed by atoms with Gasteiger partial charge in [0.2, 0.25) is 0 Å². The third-order valence-corrected chi connectivity index (χ3v) is 1.58. The molecular weight excluding hydrogens is 114 g/mol. The molecule has 0 bridgehead atoms. The molecule has 1 saturated carbocycles. The lowest BCUT2D eigenvalue weighted by atomic mass is 9.85. The Hall–Kier alpha value is -0.0800. The molecule has 1 rings (SSSR count). The van der Waals surface area contributed by atoms with Crippen molar-refractivity contribution in [3.05, 3.63) is 0 Å². The summed E-state index contributed by atoms with van der Waals surface area (Å²) in [4.78, 5) is 0. The Morgan fingerprint density at radius 2 is 2.56 bits per heavy atom. The molecule has 0 aromatic carbocycles. The summed E-state index contributed by atoms with van der Waals surface area (Å²) < 4.78 is 30.1. The van der Waals surface area contributed by atoms with Crippen LogP contribution in [0.25, 0.3) is 0 Å². The molecular formula is C7H15NO. The van der Waals surface area contributed by atoms with Crippen LogP contribution >= 0.6 is 0 Å². The number of aliphatic hydroxyl groups is 1. The first-order chi connectivity index (χ1) is 5.58. The van der Waals surface area contributed by atoms with Crippen molar-refractivity contribution in [2.45, 2.75) is 38.3 Å². The minimum Gasteiger partial charge on any atom is -0.393 e. The van der Waals surface area contributed by atoms with Gasteiger partial charge in [-0.15, -0.1) is 0 Å². The second kappa shape index (κ2) is 2.67. The van der Waals surface area contributed by atoms with Crippen molar-refractivity contribution in [1.82, 2.24) is 0 Å². The second-order valence-electron chi connectivity index (χ2n) is 2.45. The summed E-state index contributed by atoms with van der Waals surface area (Å²) in [7, 11) is 0. The maximum Gasteiger partial charge on any atom is 0.0580 e. The molecule has 0 heterocycles. The van der Waals surface area contributed by atoms with E-state index in [1.165, 1.54) is 6.92 Å². The molecule has 0 saturated heterocycles. The van der Waals surface area contributed by atoms with Crippen molar-refractivity contribution in [1.29, 1.82) is 0 Å². The van der Waals surface area contributed by atoms with Gasteiger partial charge >= 0.3 is 0 Å². The van der Waals surface area contributed by atoms with Crippen LogP contribution in [0.1, 0.15) is 31.6 Å². The number of nitrogens with two attached hydrogens (primary N) is 1. The van der Waals surface area contributed by atoms with Crippen LogP contribution in [0.3, 0.4) is 0 Å². The summed E-state index contributed by atoms with van der Waals surface area (Å²) in [5.74, 6) is -1.24. The molecule has 0 unspecified atom stereocenters.